The number of carbonyl (C=O) groups excluding carboxylic acids is 1. The zero-order chi connectivity index (χ0) is 12.3. The van der Waals surface area contributed by atoms with E-state index >= 15 is 0 Å². The second-order valence-corrected chi connectivity index (χ2v) is 4.03. The Morgan fingerprint density at radius 2 is 2.18 bits per heavy atom. The van der Waals surface area contributed by atoms with Crippen LogP contribution in [0.1, 0.15) is 0 Å². The van der Waals surface area contributed by atoms with Crippen molar-refractivity contribution in [1.82, 2.24) is 10.2 Å². The molecule has 0 radical (unpaired) electrons. The Labute approximate surface area is 100 Å². The molecule has 2 aromatic rings. The lowest BCUT2D eigenvalue weighted by Gasteiger charge is -1.95. The first-order chi connectivity index (χ1) is 8.16. The van der Waals surface area contributed by atoms with E-state index in [0.29, 0.717) is 0 Å². The second kappa shape index (κ2) is 4.96. The maximum absolute atomic E-state index is 13.4. The smallest absolute Gasteiger partial charge is 0.277 e. The molecule has 17 heavy (non-hydrogen) atoms. The van der Waals surface area contributed by atoms with Gasteiger partial charge < -0.3 is 10.2 Å². The minimum Gasteiger partial charge on any atom is -0.411 e. The van der Waals surface area contributed by atoms with Crippen LogP contribution in [0.4, 0.5) is 4.39 Å². The summed E-state index contributed by atoms with van der Waals surface area (Å²) in [5.41, 5.74) is 5.20. The summed E-state index contributed by atoms with van der Waals surface area (Å²) < 4.78 is 18.6. The molecule has 2 N–H and O–H groups in total. The van der Waals surface area contributed by atoms with E-state index in [1.807, 2.05) is 0 Å². The van der Waals surface area contributed by atoms with E-state index in [1.54, 1.807) is 12.1 Å². The normalized spacial score (nSPS) is 10.4. The molecule has 1 aromatic heterocycles. The first-order valence-corrected chi connectivity index (χ1v) is 5.65. The molecule has 0 saturated heterocycles. The fourth-order valence-corrected chi connectivity index (χ4v) is 1.65. The van der Waals surface area contributed by atoms with Crippen LogP contribution >= 0.6 is 11.8 Å². The SMILES string of the molecule is NC(=O)CSc1nnc(-c2ccccc2F)o1. The number of hydrogen-bond donors (Lipinski definition) is 1. The van der Waals surface area contributed by atoms with Gasteiger partial charge in [-0.2, -0.15) is 0 Å². The van der Waals surface area contributed by atoms with Gasteiger partial charge in [-0.3, -0.25) is 4.79 Å². The predicted molar refractivity (Wildman–Crippen MR) is 59.6 cm³/mol. The van der Waals surface area contributed by atoms with Crippen molar-refractivity contribution >= 4 is 17.7 Å². The van der Waals surface area contributed by atoms with Crippen molar-refractivity contribution in [2.75, 3.05) is 5.75 Å². The largest absolute Gasteiger partial charge is 0.411 e. The summed E-state index contributed by atoms with van der Waals surface area (Å²) in [6.45, 7) is 0. The standard InChI is InChI=1S/C10H8FN3O2S/c11-7-4-2-1-3-6(7)9-13-14-10(16-9)17-5-8(12)15/h1-4H,5H2,(H2,12,15). The molecule has 0 fully saturated rings. The number of halogens is 1. The van der Waals surface area contributed by atoms with Crippen LogP contribution in [0.15, 0.2) is 33.9 Å². The molecule has 0 unspecified atom stereocenters. The third kappa shape index (κ3) is 2.82. The summed E-state index contributed by atoms with van der Waals surface area (Å²) in [5, 5.41) is 7.56. The molecule has 1 aromatic carbocycles. The molecule has 5 nitrogen and oxygen atoms in total. The third-order valence-electron chi connectivity index (χ3n) is 1.85. The van der Waals surface area contributed by atoms with Gasteiger partial charge in [0.25, 0.3) is 11.1 Å². The van der Waals surface area contributed by atoms with E-state index in [2.05, 4.69) is 10.2 Å². The van der Waals surface area contributed by atoms with Crippen LogP contribution in [0.2, 0.25) is 0 Å². The van der Waals surface area contributed by atoms with Crippen LogP contribution in [0, 0.1) is 5.82 Å². The van der Waals surface area contributed by atoms with Crippen molar-refractivity contribution in [1.29, 1.82) is 0 Å². The van der Waals surface area contributed by atoms with Crippen LogP contribution in [0.3, 0.4) is 0 Å². The first-order valence-electron chi connectivity index (χ1n) is 4.66. The lowest BCUT2D eigenvalue weighted by molar-refractivity contribution is -0.115. The molecule has 0 bridgehead atoms. The predicted octanol–water partition coefficient (Wildman–Crippen LogP) is 1.45. The van der Waals surface area contributed by atoms with E-state index in [4.69, 9.17) is 10.2 Å². The van der Waals surface area contributed by atoms with Crippen LogP contribution in [-0.2, 0) is 4.79 Å². The van der Waals surface area contributed by atoms with Crippen LogP contribution in [-0.4, -0.2) is 21.9 Å². The molecule has 0 spiro atoms. The van der Waals surface area contributed by atoms with Crippen molar-refractivity contribution < 1.29 is 13.6 Å². The summed E-state index contributed by atoms with van der Waals surface area (Å²) in [4.78, 5) is 10.6. The third-order valence-corrected chi connectivity index (χ3v) is 2.69. The van der Waals surface area contributed by atoms with E-state index in [9.17, 15) is 9.18 Å². The molecule has 0 atom stereocenters. The second-order valence-electron chi connectivity index (χ2n) is 3.11. The Hall–Kier alpha value is -1.89. The van der Waals surface area contributed by atoms with Crippen molar-refractivity contribution in [2.45, 2.75) is 5.22 Å². The van der Waals surface area contributed by atoms with Gasteiger partial charge in [-0.05, 0) is 12.1 Å². The van der Waals surface area contributed by atoms with Crippen LogP contribution in [0.25, 0.3) is 11.5 Å². The minimum absolute atomic E-state index is 0.0406. The maximum Gasteiger partial charge on any atom is 0.277 e. The summed E-state index contributed by atoms with van der Waals surface area (Å²) in [5.74, 6) is -0.808. The van der Waals surface area contributed by atoms with Gasteiger partial charge in [-0.1, -0.05) is 23.9 Å². The monoisotopic (exact) mass is 253 g/mol. The minimum atomic E-state index is -0.486. The molecule has 0 saturated carbocycles. The highest BCUT2D eigenvalue weighted by Crippen LogP contribution is 2.24. The fraction of sp³-hybridized carbons (Fsp3) is 0.100. The summed E-state index contributed by atoms with van der Waals surface area (Å²) in [7, 11) is 0. The van der Waals surface area contributed by atoms with Gasteiger partial charge in [0.1, 0.15) is 5.82 Å². The molecular weight excluding hydrogens is 245 g/mol. The number of benzene rings is 1. The Morgan fingerprint density at radius 3 is 2.88 bits per heavy atom. The number of hydrogen-bond acceptors (Lipinski definition) is 5. The topological polar surface area (TPSA) is 82.0 Å². The highest BCUT2D eigenvalue weighted by atomic mass is 32.2. The Balaban J connectivity index is 2.18. The number of rotatable bonds is 4. The molecule has 0 aliphatic carbocycles. The Bertz CT molecular complexity index is 544. The molecule has 1 amide bonds. The van der Waals surface area contributed by atoms with E-state index in [1.165, 1.54) is 12.1 Å². The number of aromatic nitrogens is 2. The number of nitrogens with zero attached hydrogens (tertiary/aromatic N) is 2. The van der Waals surface area contributed by atoms with Crippen molar-refractivity contribution in [3.63, 3.8) is 0 Å². The van der Waals surface area contributed by atoms with Crippen LogP contribution in [0.5, 0.6) is 0 Å². The zero-order valence-corrected chi connectivity index (χ0v) is 9.41. The highest BCUT2D eigenvalue weighted by molar-refractivity contribution is 7.99. The lowest BCUT2D eigenvalue weighted by atomic mass is 10.2. The van der Waals surface area contributed by atoms with Gasteiger partial charge in [0, 0.05) is 0 Å². The quantitative estimate of drug-likeness (QED) is 0.834. The number of nitrogens with two attached hydrogens (primary N) is 1. The van der Waals surface area contributed by atoms with Crippen molar-refractivity contribution in [3.05, 3.63) is 30.1 Å². The van der Waals surface area contributed by atoms with Gasteiger partial charge in [0.15, 0.2) is 0 Å². The Kier molecular flexibility index (Phi) is 3.38. The van der Waals surface area contributed by atoms with Gasteiger partial charge in [-0.15, -0.1) is 10.2 Å². The summed E-state index contributed by atoms with van der Waals surface area (Å²) >= 11 is 1.01. The molecular formula is C10H8FN3O2S. The van der Waals surface area contributed by atoms with Crippen LogP contribution < -0.4 is 5.73 Å². The Morgan fingerprint density at radius 1 is 1.41 bits per heavy atom. The lowest BCUT2D eigenvalue weighted by Crippen LogP contribution is -2.12. The van der Waals surface area contributed by atoms with E-state index in [-0.39, 0.29) is 22.4 Å². The average Bonchev–Trinajstić information content (AvgIpc) is 2.75. The van der Waals surface area contributed by atoms with E-state index in [0.717, 1.165) is 11.8 Å². The molecule has 0 aliphatic rings. The average molecular weight is 253 g/mol. The highest BCUT2D eigenvalue weighted by Gasteiger charge is 2.12. The maximum atomic E-state index is 13.4. The molecule has 0 aliphatic heterocycles. The summed E-state index contributed by atoms with van der Waals surface area (Å²) in [6.07, 6.45) is 0. The number of carbonyl (C=O) groups is 1. The van der Waals surface area contributed by atoms with Crippen molar-refractivity contribution in [3.8, 4) is 11.5 Å². The first kappa shape index (κ1) is 11.6. The molecule has 1 heterocycles. The number of amides is 1. The van der Waals surface area contributed by atoms with Crippen molar-refractivity contribution in [2.24, 2.45) is 5.73 Å². The van der Waals surface area contributed by atoms with Gasteiger partial charge >= 0.3 is 0 Å². The number of thioether (sulfide) groups is 1. The van der Waals surface area contributed by atoms with Gasteiger partial charge in [0.2, 0.25) is 5.91 Å². The molecule has 7 heteroatoms. The molecule has 2 rings (SSSR count). The van der Waals surface area contributed by atoms with Gasteiger partial charge in [-0.25, -0.2) is 4.39 Å². The van der Waals surface area contributed by atoms with Gasteiger partial charge in [0.05, 0.1) is 11.3 Å². The summed E-state index contributed by atoms with van der Waals surface area (Å²) in [6, 6.07) is 6.07. The fourth-order valence-electron chi connectivity index (χ4n) is 1.14. The zero-order valence-electron chi connectivity index (χ0n) is 8.59. The number of primary amides is 1. The molecule has 88 valence electrons. The van der Waals surface area contributed by atoms with E-state index < -0.39 is 11.7 Å².